The molecule has 0 amide bonds. The molecular weight excluding hydrogens is 234 g/mol. The highest BCUT2D eigenvalue weighted by Crippen LogP contribution is 2.39. The summed E-state index contributed by atoms with van der Waals surface area (Å²) in [7, 11) is 0. The highest BCUT2D eigenvalue weighted by atomic mass is 16.5. The van der Waals surface area contributed by atoms with Crippen LogP contribution < -0.4 is 5.32 Å². The van der Waals surface area contributed by atoms with Crippen molar-refractivity contribution in [3.63, 3.8) is 0 Å². The van der Waals surface area contributed by atoms with Gasteiger partial charge in [-0.2, -0.15) is 0 Å². The molecule has 0 aromatic heterocycles. The lowest BCUT2D eigenvalue weighted by atomic mass is 9.71. The molecule has 0 bridgehead atoms. The molecule has 1 heterocycles. The summed E-state index contributed by atoms with van der Waals surface area (Å²) in [6, 6.07) is 0.843. The molecule has 1 aliphatic carbocycles. The molecule has 2 nitrogen and oxygen atoms in total. The number of ether oxygens (including phenoxy) is 1. The standard InChI is InChI=1S/C17H33NO/c1-3-5-6-15(4-2)13-17(9-11-19-12-10-17)14-18-16-7-8-16/h15-16,18H,3-14H2,1-2H3. The lowest BCUT2D eigenvalue weighted by Gasteiger charge is -2.40. The summed E-state index contributed by atoms with van der Waals surface area (Å²) in [6.07, 6.45) is 12.3. The molecule has 1 saturated heterocycles. The molecule has 0 aromatic rings. The topological polar surface area (TPSA) is 21.3 Å². The minimum atomic E-state index is 0.537. The van der Waals surface area contributed by atoms with Gasteiger partial charge >= 0.3 is 0 Å². The third-order valence-corrected chi connectivity index (χ3v) is 5.16. The van der Waals surface area contributed by atoms with Crippen molar-refractivity contribution in [2.24, 2.45) is 11.3 Å². The first kappa shape index (κ1) is 15.3. The van der Waals surface area contributed by atoms with Crippen LogP contribution in [0, 0.1) is 11.3 Å². The fourth-order valence-corrected chi connectivity index (χ4v) is 3.46. The van der Waals surface area contributed by atoms with Crippen molar-refractivity contribution in [1.82, 2.24) is 5.32 Å². The van der Waals surface area contributed by atoms with E-state index in [0.717, 1.165) is 25.2 Å². The van der Waals surface area contributed by atoms with Gasteiger partial charge in [-0.05, 0) is 43.4 Å². The molecule has 1 aliphatic heterocycles. The van der Waals surface area contributed by atoms with Gasteiger partial charge in [-0.1, -0.05) is 39.5 Å². The van der Waals surface area contributed by atoms with E-state index in [-0.39, 0.29) is 0 Å². The van der Waals surface area contributed by atoms with Gasteiger partial charge in [0.05, 0.1) is 0 Å². The quantitative estimate of drug-likeness (QED) is 0.678. The minimum absolute atomic E-state index is 0.537. The zero-order valence-corrected chi connectivity index (χ0v) is 13.0. The Morgan fingerprint density at radius 3 is 2.53 bits per heavy atom. The smallest absolute Gasteiger partial charge is 0.0471 e. The Balaban J connectivity index is 1.86. The van der Waals surface area contributed by atoms with Crippen LogP contribution in [0.25, 0.3) is 0 Å². The van der Waals surface area contributed by atoms with Gasteiger partial charge in [-0.25, -0.2) is 0 Å². The summed E-state index contributed by atoms with van der Waals surface area (Å²) < 4.78 is 5.62. The van der Waals surface area contributed by atoms with Crippen LogP contribution in [0.15, 0.2) is 0 Å². The first-order valence-electron chi connectivity index (χ1n) is 8.59. The van der Waals surface area contributed by atoms with Crippen molar-refractivity contribution in [3.05, 3.63) is 0 Å². The van der Waals surface area contributed by atoms with E-state index in [9.17, 15) is 0 Å². The van der Waals surface area contributed by atoms with Crippen molar-refractivity contribution in [1.29, 1.82) is 0 Å². The second-order valence-corrected chi connectivity index (χ2v) is 6.89. The number of unbranched alkanes of at least 4 members (excludes halogenated alkanes) is 1. The molecule has 1 unspecified atom stereocenters. The Kier molecular flexibility index (Phi) is 6.15. The molecule has 1 atom stereocenters. The maximum atomic E-state index is 5.62. The van der Waals surface area contributed by atoms with E-state index in [4.69, 9.17) is 4.74 Å². The Labute approximate surface area is 119 Å². The SMILES string of the molecule is CCCCC(CC)CC1(CNC2CC2)CCOCC1. The lowest BCUT2D eigenvalue weighted by Crippen LogP contribution is -2.41. The fraction of sp³-hybridized carbons (Fsp3) is 1.00. The number of hydrogen-bond acceptors (Lipinski definition) is 2. The maximum Gasteiger partial charge on any atom is 0.0471 e. The van der Waals surface area contributed by atoms with Crippen molar-refractivity contribution >= 4 is 0 Å². The van der Waals surface area contributed by atoms with Crippen LogP contribution in [0.3, 0.4) is 0 Å². The van der Waals surface area contributed by atoms with Crippen LogP contribution in [-0.4, -0.2) is 25.8 Å². The van der Waals surface area contributed by atoms with Crippen LogP contribution in [0.1, 0.15) is 71.6 Å². The van der Waals surface area contributed by atoms with Crippen LogP contribution >= 0.6 is 0 Å². The van der Waals surface area contributed by atoms with Crippen molar-refractivity contribution < 1.29 is 4.74 Å². The van der Waals surface area contributed by atoms with Gasteiger partial charge in [-0.15, -0.1) is 0 Å². The zero-order valence-electron chi connectivity index (χ0n) is 13.0. The molecule has 2 fully saturated rings. The van der Waals surface area contributed by atoms with Crippen LogP contribution in [-0.2, 0) is 4.74 Å². The molecular formula is C17H33NO. The van der Waals surface area contributed by atoms with Crippen LogP contribution in [0.4, 0.5) is 0 Å². The van der Waals surface area contributed by atoms with Crippen LogP contribution in [0.2, 0.25) is 0 Å². The highest BCUT2D eigenvalue weighted by Gasteiger charge is 2.35. The second-order valence-electron chi connectivity index (χ2n) is 6.89. The molecule has 112 valence electrons. The second kappa shape index (κ2) is 7.64. The maximum absolute atomic E-state index is 5.62. The Morgan fingerprint density at radius 2 is 1.95 bits per heavy atom. The summed E-state index contributed by atoms with van der Waals surface area (Å²) in [5.41, 5.74) is 0.537. The lowest BCUT2D eigenvalue weighted by molar-refractivity contribution is 0.000719. The average molecular weight is 267 g/mol. The van der Waals surface area contributed by atoms with Gasteiger partial charge in [0.15, 0.2) is 0 Å². The highest BCUT2D eigenvalue weighted by molar-refractivity contribution is 4.90. The van der Waals surface area contributed by atoms with E-state index in [1.54, 1.807) is 0 Å². The number of rotatable bonds is 9. The molecule has 1 saturated carbocycles. The Hall–Kier alpha value is -0.0800. The number of nitrogens with one attached hydrogen (secondary N) is 1. The van der Waals surface area contributed by atoms with Crippen LogP contribution in [0.5, 0.6) is 0 Å². The van der Waals surface area contributed by atoms with Gasteiger partial charge in [0.25, 0.3) is 0 Å². The molecule has 0 aromatic carbocycles. The summed E-state index contributed by atoms with van der Waals surface area (Å²) in [4.78, 5) is 0. The Morgan fingerprint density at radius 1 is 1.21 bits per heavy atom. The number of hydrogen-bond donors (Lipinski definition) is 1. The van der Waals surface area contributed by atoms with Crippen molar-refractivity contribution in [2.75, 3.05) is 19.8 Å². The summed E-state index contributed by atoms with van der Waals surface area (Å²) in [6.45, 7) is 7.89. The minimum Gasteiger partial charge on any atom is -0.381 e. The van der Waals surface area contributed by atoms with E-state index in [1.807, 2.05) is 0 Å². The molecule has 0 radical (unpaired) electrons. The zero-order chi connectivity index (χ0) is 13.6. The van der Waals surface area contributed by atoms with Crippen molar-refractivity contribution in [2.45, 2.75) is 77.7 Å². The molecule has 2 rings (SSSR count). The first-order chi connectivity index (χ1) is 9.28. The third kappa shape index (κ3) is 5.07. The molecule has 2 heteroatoms. The predicted octanol–water partition coefficient (Wildman–Crippen LogP) is 4.14. The fourth-order valence-electron chi connectivity index (χ4n) is 3.46. The molecule has 19 heavy (non-hydrogen) atoms. The monoisotopic (exact) mass is 267 g/mol. The molecule has 2 aliphatic rings. The van der Waals surface area contributed by atoms with Gasteiger partial charge in [0.1, 0.15) is 0 Å². The summed E-state index contributed by atoms with van der Waals surface area (Å²) >= 11 is 0. The molecule has 1 N–H and O–H groups in total. The normalized spacial score (nSPS) is 24.3. The van der Waals surface area contributed by atoms with E-state index >= 15 is 0 Å². The molecule has 0 spiro atoms. The van der Waals surface area contributed by atoms with E-state index in [0.29, 0.717) is 5.41 Å². The predicted molar refractivity (Wildman–Crippen MR) is 81.4 cm³/mol. The third-order valence-electron chi connectivity index (χ3n) is 5.16. The largest absolute Gasteiger partial charge is 0.381 e. The Bertz CT molecular complexity index is 244. The first-order valence-corrected chi connectivity index (χ1v) is 8.59. The van der Waals surface area contributed by atoms with Gasteiger partial charge in [-0.3, -0.25) is 0 Å². The van der Waals surface area contributed by atoms with E-state index in [1.165, 1.54) is 64.3 Å². The van der Waals surface area contributed by atoms with Crippen molar-refractivity contribution in [3.8, 4) is 0 Å². The van der Waals surface area contributed by atoms with E-state index in [2.05, 4.69) is 19.2 Å². The van der Waals surface area contributed by atoms with E-state index < -0.39 is 0 Å². The van der Waals surface area contributed by atoms with Gasteiger partial charge in [0.2, 0.25) is 0 Å². The summed E-state index contributed by atoms with van der Waals surface area (Å²) in [5.74, 6) is 0.930. The average Bonchev–Trinajstić information content (AvgIpc) is 3.27. The van der Waals surface area contributed by atoms with Gasteiger partial charge in [0, 0.05) is 25.8 Å². The summed E-state index contributed by atoms with van der Waals surface area (Å²) in [5, 5.41) is 3.80. The van der Waals surface area contributed by atoms with Gasteiger partial charge < -0.3 is 10.1 Å².